The normalized spacial score (nSPS) is 22.9. The van der Waals surface area contributed by atoms with Crippen LogP contribution >= 0.6 is 0 Å². The van der Waals surface area contributed by atoms with Gasteiger partial charge in [0.25, 0.3) is 5.91 Å². The SMILES string of the molecule is COc1cccc(C[C@@]2(C)CC3(N=C(N)N(C)C3=O)c3cc(-c4cccc(C#N)c4)ccc3O2)c1. The topological polar surface area (TPSA) is 101 Å². The van der Waals surface area contributed by atoms with Crippen LogP contribution < -0.4 is 15.2 Å². The highest BCUT2D eigenvalue weighted by Crippen LogP contribution is 2.50. The number of hydrogen-bond donors (Lipinski definition) is 1. The van der Waals surface area contributed by atoms with Crippen molar-refractivity contribution in [2.45, 2.75) is 30.9 Å². The zero-order valence-corrected chi connectivity index (χ0v) is 19.9. The number of rotatable bonds is 4. The van der Waals surface area contributed by atoms with E-state index in [1.54, 1.807) is 20.2 Å². The van der Waals surface area contributed by atoms with Gasteiger partial charge in [0, 0.05) is 25.5 Å². The molecule has 1 unspecified atom stereocenters. The number of fused-ring (bicyclic) bond motifs is 2. The summed E-state index contributed by atoms with van der Waals surface area (Å²) in [5, 5.41) is 9.31. The van der Waals surface area contributed by atoms with E-state index in [1.165, 1.54) is 4.90 Å². The van der Waals surface area contributed by atoms with E-state index in [0.717, 1.165) is 22.4 Å². The number of nitrogens with zero attached hydrogens (tertiary/aromatic N) is 3. The molecule has 2 atom stereocenters. The Hall–Kier alpha value is -4.31. The van der Waals surface area contributed by atoms with Crippen molar-refractivity contribution in [3.8, 4) is 28.7 Å². The van der Waals surface area contributed by atoms with Crippen molar-refractivity contribution in [2.24, 2.45) is 10.7 Å². The molecule has 7 heteroatoms. The first-order valence-electron chi connectivity index (χ1n) is 11.4. The second-order valence-electron chi connectivity index (χ2n) is 9.36. The number of carbonyl (C=O) groups excluding carboxylic acids is 1. The van der Waals surface area contributed by atoms with Crippen molar-refractivity contribution in [1.82, 2.24) is 4.90 Å². The number of amides is 1. The molecule has 0 radical (unpaired) electrons. The Morgan fingerprint density at radius 2 is 1.91 bits per heavy atom. The van der Waals surface area contributed by atoms with Gasteiger partial charge in [0.2, 0.25) is 0 Å². The van der Waals surface area contributed by atoms with Crippen molar-refractivity contribution < 1.29 is 14.3 Å². The van der Waals surface area contributed by atoms with E-state index in [-0.39, 0.29) is 11.9 Å². The van der Waals surface area contributed by atoms with Gasteiger partial charge in [-0.2, -0.15) is 5.26 Å². The molecule has 0 bridgehead atoms. The number of ether oxygens (including phenoxy) is 2. The maximum atomic E-state index is 13.7. The van der Waals surface area contributed by atoms with E-state index in [1.807, 2.05) is 67.6 Å². The summed E-state index contributed by atoms with van der Waals surface area (Å²) < 4.78 is 11.9. The first-order valence-corrected chi connectivity index (χ1v) is 11.4. The molecular formula is C28H26N4O3. The van der Waals surface area contributed by atoms with Crippen LogP contribution in [0.4, 0.5) is 0 Å². The smallest absolute Gasteiger partial charge is 0.261 e. The lowest BCUT2D eigenvalue weighted by molar-refractivity contribution is -0.133. The van der Waals surface area contributed by atoms with Gasteiger partial charge >= 0.3 is 0 Å². The lowest BCUT2D eigenvalue weighted by Gasteiger charge is -2.43. The molecule has 1 amide bonds. The molecule has 1 spiro atoms. The van der Waals surface area contributed by atoms with Crippen LogP contribution in [-0.4, -0.2) is 36.5 Å². The fourth-order valence-electron chi connectivity index (χ4n) is 5.13. The highest BCUT2D eigenvalue weighted by atomic mass is 16.5. The van der Waals surface area contributed by atoms with E-state index < -0.39 is 11.1 Å². The van der Waals surface area contributed by atoms with Crippen LogP contribution in [0.25, 0.3) is 11.1 Å². The predicted octanol–water partition coefficient (Wildman–Crippen LogP) is 4.00. The molecule has 35 heavy (non-hydrogen) atoms. The third-order valence-corrected chi connectivity index (χ3v) is 6.76. The Labute approximate surface area is 204 Å². The highest BCUT2D eigenvalue weighted by Gasteiger charge is 2.56. The first-order chi connectivity index (χ1) is 16.8. The second kappa shape index (κ2) is 8.17. The van der Waals surface area contributed by atoms with Crippen LogP contribution in [0, 0.1) is 11.3 Å². The van der Waals surface area contributed by atoms with Gasteiger partial charge in [-0.3, -0.25) is 9.69 Å². The van der Waals surface area contributed by atoms with Crippen LogP contribution in [0.3, 0.4) is 0 Å². The quantitative estimate of drug-likeness (QED) is 0.626. The van der Waals surface area contributed by atoms with Gasteiger partial charge < -0.3 is 15.2 Å². The summed E-state index contributed by atoms with van der Waals surface area (Å²) in [6, 6.07) is 23.1. The Balaban J connectivity index is 1.62. The molecule has 0 saturated carbocycles. The van der Waals surface area contributed by atoms with Crippen molar-refractivity contribution in [3.05, 3.63) is 83.4 Å². The maximum absolute atomic E-state index is 13.7. The Morgan fingerprint density at radius 1 is 1.14 bits per heavy atom. The summed E-state index contributed by atoms with van der Waals surface area (Å²) in [5.74, 6) is 1.37. The van der Waals surface area contributed by atoms with Gasteiger partial charge in [-0.15, -0.1) is 0 Å². The third kappa shape index (κ3) is 3.77. The zero-order valence-electron chi connectivity index (χ0n) is 19.9. The zero-order chi connectivity index (χ0) is 24.8. The van der Waals surface area contributed by atoms with Gasteiger partial charge in [0.1, 0.15) is 17.1 Å². The Bertz CT molecular complexity index is 1410. The van der Waals surface area contributed by atoms with Gasteiger partial charge in [0.15, 0.2) is 11.5 Å². The van der Waals surface area contributed by atoms with Crippen molar-refractivity contribution in [2.75, 3.05) is 14.2 Å². The summed E-state index contributed by atoms with van der Waals surface area (Å²) in [4.78, 5) is 19.8. The standard InChI is InChI=1S/C28H26N4O3/c1-27(15-18-6-5-9-22(13-18)34-3)17-28(25(33)32(2)26(30)31-28)23-14-21(10-11-24(23)35-27)20-8-4-7-19(12-20)16-29/h4-14H,15,17H2,1-3H3,(H2,30,31)/t27-,28?/m0/s1. The minimum atomic E-state index is -1.19. The number of aliphatic imine (C=N–C) groups is 1. The number of nitriles is 1. The molecule has 2 N–H and O–H groups in total. The summed E-state index contributed by atoms with van der Waals surface area (Å²) in [5.41, 5.74) is 8.28. The minimum absolute atomic E-state index is 0.181. The summed E-state index contributed by atoms with van der Waals surface area (Å²) in [7, 11) is 3.28. The monoisotopic (exact) mass is 466 g/mol. The predicted molar refractivity (Wildman–Crippen MR) is 133 cm³/mol. The molecule has 3 aromatic rings. The molecule has 2 aliphatic heterocycles. The molecule has 3 aromatic carbocycles. The molecular weight excluding hydrogens is 440 g/mol. The van der Waals surface area contributed by atoms with E-state index in [2.05, 4.69) is 6.07 Å². The Kier molecular flexibility index (Phi) is 5.25. The van der Waals surface area contributed by atoms with Crippen LogP contribution in [-0.2, 0) is 16.8 Å². The fourth-order valence-corrected chi connectivity index (χ4v) is 5.13. The Morgan fingerprint density at radius 3 is 2.63 bits per heavy atom. The number of likely N-dealkylation sites (N-methyl/N-ethyl adjacent to an activating group) is 1. The average Bonchev–Trinajstić information content (AvgIpc) is 3.07. The summed E-state index contributed by atoms with van der Waals surface area (Å²) >= 11 is 0. The van der Waals surface area contributed by atoms with E-state index in [9.17, 15) is 10.1 Å². The summed E-state index contributed by atoms with van der Waals surface area (Å²) in [6.07, 6.45) is 0.888. The maximum Gasteiger partial charge on any atom is 0.261 e. The number of hydrogen-bond acceptors (Lipinski definition) is 6. The molecule has 0 saturated heterocycles. The lowest BCUT2D eigenvalue weighted by Crippen LogP contribution is -2.51. The molecule has 5 rings (SSSR count). The largest absolute Gasteiger partial charge is 0.497 e. The number of benzene rings is 3. The molecule has 2 aliphatic rings. The lowest BCUT2D eigenvalue weighted by atomic mass is 9.74. The van der Waals surface area contributed by atoms with Crippen LogP contribution in [0.5, 0.6) is 11.5 Å². The molecule has 0 fully saturated rings. The van der Waals surface area contributed by atoms with Crippen LogP contribution in [0.2, 0.25) is 0 Å². The van der Waals surface area contributed by atoms with E-state index >= 15 is 0 Å². The van der Waals surface area contributed by atoms with Crippen molar-refractivity contribution in [3.63, 3.8) is 0 Å². The molecule has 0 aromatic heterocycles. The molecule has 176 valence electrons. The number of nitrogens with two attached hydrogens (primary N) is 1. The number of guanidine groups is 1. The second-order valence-corrected chi connectivity index (χ2v) is 9.36. The van der Waals surface area contributed by atoms with Crippen LogP contribution in [0.1, 0.15) is 30.0 Å². The number of carbonyl (C=O) groups is 1. The van der Waals surface area contributed by atoms with Crippen molar-refractivity contribution >= 4 is 11.9 Å². The van der Waals surface area contributed by atoms with Crippen molar-refractivity contribution in [1.29, 1.82) is 5.26 Å². The summed E-state index contributed by atoms with van der Waals surface area (Å²) in [6.45, 7) is 2.00. The highest BCUT2D eigenvalue weighted by molar-refractivity contribution is 6.07. The number of methoxy groups -OCH3 is 1. The van der Waals surface area contributed by atoms with Crippen LogP contribution in [0.15, 0.2) is 71.7 Å². The van der Waals surface area contributed by atoms with Gasteiger partial charge in [-0.05, 0) is 60.0 Å². The molecule has 7 nitrogen and oxygen atoms in total. The van der Waals surface area contributed by atoms with Gasteiger partial charge in [0.05, 0.1) is 18.7 Å². The fraction of sp³-hybridized carbons (Fsp3) is 0.250. The minimum Gasteiger partial charge on any atom is -0.497 e. The van der Waals surface area contributed by atoms with Gasteiger partial charge in [-0.1, -0.05) is 30.3 Å². The average molecular weight is 467 g/mol. The first kappa shape index (κ1) is 22.5. The van der Waals surface area contributed by atoms with E-state index in [0.29, 0.717) is 29.7 Å². The third-order valence-electron chi connectivity index (χ3n) is 6.76. The van der Waals surface area contributed by atoms with Gasteiger partial charge in [-0.25, -0.2) is 4.99 Å². The molecule has 2 heterocycles. The molecule has 0 aliphatic carbocycles. The van der Waals surface area contributed by atoms with E-state index in [4.69, 9.17) is 20.2 Å².